The van der Waals surface area contributed by atoms with Gasteiger partial charge in [-0.3, -0.25) is 9.59 Å². The molecule has 0 aromatic heterocycles. The van der Waals surface area contributed by atoms with Gasteiger partial charge in [0.05, 0.1) is 6.21 Å². The van der Waals surface area contributed by atoms with Crippen LogP contribution >= 0.6 is 0 Å². The molecule has 0 aliphatic heterocycles. The Morgan fingerprint density at radius 1 is 0.821 bits per heavy atom. The summed E-state index contributed by atoms with van der Waals surface area (Å²) in [6, 6.07) is 19.2. The zero-order valence-electron chi connectivity index (χ0n) is 14.7. The number of benzene rings is 3. The summed E-state index contributed by atoms with van der Waals surface area (Å²) in [4.78, 5) is 24.2. The number of amides is 2. The average molecular weight is 375 g/mol. The number of hydrogen-bond donors (Lipinski definition) is 4. The third-order valence-corrected chi connectivity index (χ3v) is 3.82. The van der Waals surface area contributed by atoms with E-state index in [2.05, 4.69) is 15.8 Å². The molecule has 7 nitrogen and oxygen atoms in total. The second kappa shape index (κ2) is 8.50. The summed E-state index contributed by atoms with van der Waals surface area (Å²) in [6.07, 6.45) is 1.27. The van der Waals surface area contributed by atoms with Gasteiger partial charge in [0.1, 0.15) is 11.5 Å². The van der Waals surface area contributed by atoms with Gasteiger partial charge >= 0.3 is 0 Å². The van der Waals surface area contributed by atoms with Crippen LogP contribution in [0.5, 0.6) is 11.5 Å². The van der Waals surface area contributed by atoms with E-state index in [4.69, 9.17) is 0 Å². The third kappa shape index (κ3) is 4.73. The summed E-state index contributed by atoms with van der Waals surface area (Å²) < 4.78 is 0. The first-order valence-electron chi connectivity index (χ1n) is 8.35. The summed E-state index contributed by atoms with van der Waals surface area (Å²) in [5, 5.41) is 25.4. The third-order valence-electron chi connectivity index (χ3n) is 3.82. The van der Waals surface area contributed by atoms with Crippen LogP contribution in [-0.4, -0.2) is 28.2 Å². The molecule has 0 fully saturated rings. The monoisotopic (exact) mass is 375 g/mol. The van der Waals surface area contributed by atoms with Gasteiger partial charge in [0.2, 0.25) is 0 Å². The van der Waals surface area contributed by atoms with Crippen molar-refractivity contribution in [3.63, 3.8) is 0 Å². The minimum atomic E-state index is -0.449. The molecule has 3 rings (SSSR count). The number of hydrazone groups is 1. The van der Waals surface area contributed by atoms with E-state index in [0.29, 0.717) is 22.4 Å². The Kier molecular flexibility index (Phi) is 5.66. The molecule has 4 N–H and O–H groups in total. The van der Waals surface area contributed by atoms with Crippen LogP contribution < -0.4 is 10.7 Å². The van der Waals surface area contributed by atoms with E-state index in [1.165, 1.54) is 24.4 Å². The van der Waals surface area contributed by atoms with Gasteiger partial charge in [-0.15, -0.1) is 0 Å². The first-order chi connectivity index (χ1) is 13.5. The fourth-order valence-electron chi connectivity index (χ4n) is 2.36. The molecule has 0 radical (unpaired) electrons. The van der Waals surface area contributed by atoms with Crippen molar-refractivity contribution in [3.05, 3.63) is 89.5 Å². The van der Waals surface area contributed by atoms with Crippen LogP contribution in [0.4, 0.5) is 5.69 Å². The van der Waals surface area contributed by atoms with E-state index in [1.54, 1.807) is 48.5 Å². The van der Waals surface area contributed by atoms with Crippen molar-refractivity contribution in [3.8, 4) is 11.5 Å². The van der Waals surface area contributed by atoms with Crippen molar-refractivity contribution in [2.24, 2.45) is 5.10 Å². The van der Waals surface area contributed by atoms with Crippen LogP contribution in [0.3, 0.4) is 0 Å². The average Bonchev–Trinajstić information content (AvgIpc) is 2.70. The molecule has 7 heteroatoms. The molecule has 0 aliphatic rings. The summed E-state index contributed by atoms with van der Waals surface area (Å²) in [5.41, 5.74) is 4.14. The van der Waals surface area contributed by atoms with Crippen LogP contribution in [0.25, 0.3) is 0 Å². The molecule has 140 valence electrons. The first-order valence-corrected chi connectivity index (χ1v) is 8.35. The van der Waals surface area contributed by atoms with Crippen molar-refractivity contribution >= 4 is 23.7 Å². The van der Waals surface area contributed by atoms with Gasteiger partial charge in [0.15, 0.2) is 0 Å². The molecule has 0 heterocycles. The number of carbonyl (C=O) groups is 2. The number of anilines is 1. The van der Waals surface area contributed by atoms with Crippen LogP contribution in [-0.2, 0) is 0 Å². The molecule has 28 heavy (non-hydrogen) atoms. The van der Waals surface area contributed by atoms with Gasteiger partial charge in [-0.1, -0.05) is 18.2 Å². The molecule has 0 aliphatic carbocycles. The fraction of sp³-hybridized carbons (Fsp3) is 0. The maximum Gasteiger partial charge on any atom is 0.271 e. The molecule has 0 spiro atoms. The van der Waals surface area contributed by atoms with Gasteiger partial charge in [-0.05, 0) is 48.5 Å². The van der Waals surface area contributed by atoms with E-state index in [0.717, 1.165) is 0 Å². The highest BCUT2D eigenvalue weighted by atomic mass is 16.3. The highest BCUT2D eigenvalue weighted by molar-refractivity contribution is 6.04. The summed E-state index contributed by atoms with van der Waals surface area (Å²) in [6.45, 7) is 0. The van der Waals surface area contributed by atoms with Gasteiger partial charge < -0.3 is 15.5 Å². The Bertz CT molecular complexity index is 1020. The van der Waals surface area contributed by atoms with Gasteiger partial charge in [0, 0.05) is 28.4 Å². The molecule has 2 amide bonds. The molecule has 0 saturated heterocycles. The largest absolute Gasteiger partial charge is 0.508 e. The fourth-order valence-corrected chi connectivity index (χ4v) is 2.36. The lowest BCUT2D eigenvalue weighted by atomic mass is 10.1. The van der Waals surface area contributed by atoms with E-state index in [1.807, 2.05) is 6.07 Å². The minimum Gasteiger partial charge on any atom is -0.508 e. The standard InChI is InChI=1S/C21H17N3O4/c25-18-11-8-16(19(26)12-18)13-22-24-21(28)15-6-9-17(10-7-15)23-20(27)14-4-2-1-3-5-14/h1-13,25-26H,(H,23,27)(H,24,28). The Labute approximate surface area is 161 Å². The molecule has 3 aromatic rings. The van der Waals surface area contributed by atoms with Crippen molar-refractivity contribution in [2.45, 2.75) is 0 Å². The molecule has 0 atom stereocenters. The molecule has 0 bridgehead atoms. The number of aromatic hydroxyl groups is 2. The van der Waals surface area contributed by atoms with Crippen molar-refractivity contribution in [1.82, 2.24) is 5.43 Å². The Balaban J connectivity index is 1.59. The Morgan fingerprint density at radius 2 is 1.50 bits per heavy atom. The number of phenolic OH excluding ortho intramolecular Hbond substituents is 2. The normalized spacial score (nSPS) is 10.6. The topological polar surface area (TPSA) is 111 Å². The van der Waals surface area contributed by atoms with E-state index in [9.17, 15) is 19.8 Å². The Hall–Kier alpha value is -4.13. The lowest BCUT2D eigenvalue weighted by Crippen LogP contribution is -2.17. The molecule has 0 unspecified atom stereocenters. The predicted molar refractivity (Wildman–Crippen MR) is 106 cm³/mol. The van der Waals surface area contributed by atoms with Crippen molar-refractivity contribution in [1.29, 1.82) is 0 Å². The lowest BCUT2D eigenvalue weighted by molar-refractivity contribution is 0.0954. The maximum absolute atomic E-state index is 12.1. The van der Waals surface area contributed by atoms with Crippen LogP contribution in [0, 0.1) is 0 Å². The molecule has 0 saturated carbocycles. The van der Waals surface area contributed by atoms with Crippen molar-refractivity contribution in [2.75, 3.05) is 5.32 Å². The van der Waals surface area contributed by atoms with E-state index in [-0.39, 0.29) is 17.4 Å². The second-order valence-electron chi connectivity index (χ2n) is 5.84. The van der Waals surface area contributed by atoms with Crippen LogP contribution in [0.1, 0.15) is 26.3 Å². The zero-order chi connectivity index (χ0) is 19.9. The van der Waals surface area contributed by atoms with Crippen LogP contribution in [0.2, 0.25) is 0 Å². The predicted octanol–water partition coefficient (Wildman–Crippen LogP) is 3.11. The van der Waals surface area contributed by atoms with Crippen molar-refractivity contribution < 1.29 is 19.8 Å². The summed E-state index contributed by atoms with van der Waals surface area (Å²) >= 11 is 0. The first kappa shape index (κ1) is 18.7. The lowest BCUT2D eigenvalue weighted by Gasteiger charge is -2.06. The smallest absolute Gasteiger partial charge is 0.271 e. The number of hydrogen-bond acceptors (Lipinski definition) is 5. The number of rotatable bonds is 5. The number of phenols is 2. The highest BCUT2D eigenvalue weighted by Crippen LogP contribution is 2.20. The number of nitrogens with zero attached hydrogens (tertiary/aromatic N) is 1. The van der Waals surface area contributed by atoms with Gasteiger partial charge in [0.25, 0.3) is 11.8 Å². The SMILES string of the molecule is O=C(NN=Cc1ccc(O)cc1O)c1ccc(NC(=O)c2ccccc2)cc1. The van der Waals surface area contributed by atoms with Gasteiger partial charge in [-0.2, -0.15) is 5.10 Å². The van der Waals surface area contributed by atoms with E-state index >= 15 is 0 Å². The maximum atomic E-state index is 12.1. The summed E-state index contributed by atoms with van der Waals surface area (Å²) in [5.74, 6) is -0.916. The van der Waals surface area contributed by atoms with Crippen LogP contribution in [0.15, 0.2) is 77.9 Å². The van der Waals surface area contributed by atoms with E-state index < -0.39 is 5.91 Å². The quantitative estimate of drug-likeness (QED) is 0.405. The number of carbonyl (C=O) groups excluding carboxylic acids is 2. The zero-order valence-corrected chi connectivity index (χ0v) is 14.7. The molecular weight excluding hydrogens is 358 g/mol. The summed E-state index contributed by atoms with van der Waals surface area (Å²) in [7, 11) is 0. The minimum absolute atomic E-state index is 0.0712. The number of nitrogens with one attached hydrogen (secondary N) is 2. The van der Waals surface area contributed by atoms with Gasteiger partial charge in [-0.25, -0.2) is 5.43 Å². The molecule has 3 aromatic carbocycles. The second-order valence-corrected chi connectivity index (χ2v) is 5.84. The highest BCUT2D eigenvalue weighted by Gasteiger charge is 2.07. The molecular formula is C21H17N3O4. The Morgan fingerprint density at radius 3 is 2.18 bits per heavy atom.